The Hall–Kier alpha value is -1.91. The number of rotatable bonds is 12. The molecular weight excluding hydrogens is 521 g/mol. The second-order valence-corrected chi connectivity index (χ2v) is 10.5. The monoisotopic (exact) mass is 553 g/mol. The SMILES string of the molecule is CCOc1ccc2nc(N(CCCN3CCOCC3)C(=O)CCCSc3ccc(F)cc3)sc2c1.Cl. The molecule has 2 aromatic carbocycles. The number of carbonyl (C=O) groups is 1. The van der Waals surface area contributed by atoms with Gasteiger partial charge < -0.3 is 9.47 Å². The van der Waals surface area contributed by atoms with E-state index in [0.717, 1.165) is 77.4 Å². The Morgan fingerprint density at radius 1 is 1.19 bits per heavy atom. The molecule has 0 radical (unpaired) electrons. The van der Waals surface area contributed by atoms with Gasteiger partial charge in [-0.25, -0.2) is 9.37 Å². The van der Waals surface area contributed by atoms with Crippen molar-refractivity contribution in [1.82, 2.24) is 9.88 Å². The molecule has 196 valence electrons. The Morgan fingerprint density at radius 2 is 1.97 bits per heavy atom. The Kier molecular flexibility index (Phi) is 11.7. The zero-order valence-corrected chi connectivity index (χ0v) is 22.9. The van der Waals surface area contributed by atoms with Crippen LogP contribution < -0.4 is 9.64 Å². The second kappa shape index (κ2) is 14.7. The molecule has 0 unspecified atom stereocenters. The van der Waals surface area contributed by atoms with Crippen LogP contribution >= 0.6 is 35.5 Å². The van der Waals surface area contributed by atoms with E-state index in [1.165, 1.54) is 23.5 Å². The summed E-state index contributed by atoms with van der Waals surface area (Å²) in [6, 6.07) is 12.4. The molecule has 0 N–H and O–H groups in total. The molecule has 36 heavy (non-hydrogen) atoms. The first-order valence-corrected chi connectivity index (χ1v) is 13.9. The number of hydrogen-bond donors (Lipinski definition) is 0. The molecule has 2 heterocycles. The average Bonchev–Trinajstić information content (AvgIpc) is 3.29. The van der Waals surface area contributed by atoms with Crippen LogP contribution in [0.5, 0.6) is 5.75 Å². The lowest BCUT2D eigenvalue weighted by atomic mass is 10.2. The van der Waals surface area contributed by atoms with E-state index >= 15 is 0 Å². The highest BCUT2D eigenvalue weighted by molar-refractivity contribution is 7.99. The summed E-state index contributed by atoms with van der Waals surface area (Å²) in [4.78, 5) is 23.3. The fraction of sp³-hybridized carbons (Fsp3) is 0.462. The minimum absolute atomic E-state index is 0. The Balaban J connectivity index is 0.00000361. The molecule has 1 amide bonds. The number of aromatic nitrogens is 1. The van der Waals surface area contributed by atoms with E-state index in [9.17, 15) is 9.18 Å². The van der Waals surface area contributed by atoms with Crippen molar-refractivity contribution >= 4 is 56.8 Å². The van der Waals surface area contributed by atoms with Crippen LogP contribution in [0.25, 0.3) is 10.2 Å². The highest BCUT2D eigenvalue weighted by Gasteiger charge is 2.20. The van der Waals surface area contributed by atoms with Crippen molar-refractivity contribution in [2.45, 2.75) is 31.1 Å². The highest BCUT2D eigenvalue weighted by Crippen LogP contribution is 2.32. The van der Waals surface area contributed by atoms with Crippen LogP contribution in [0.4, 0.5) is 9.52 Å². The van der Waals surface area contributed by atoms with E-state index in [1.807, 2.05) is 30.0 Å². The van der Waals surface area contributed by atoms with E-state index in [1.54, 1.807) is 23.9 Å². The molecule has 1 aliphatic heterocycles. The van der Waals surface area contributed by atoms with Gasteiger partial charge in [-0.3, -0.25) is 14.6 Å². The highest BCUT2D eigenvalue weighted by atomic mass is 35.5. The number of hydrogen-bond acceptors (Lipinski definition) is 7. The summed E-state index contributed by atoms with van der Waals surface area (Å²) in [7, 11) is 0. The minimum atomic E-state index is -0.235. The first-order valence-electron chi connectivity index (χ1n) is 12.1. The number of thiazole rings is 1. The van der Waals surface area contributed by atoms with Crippen molar-refractivity contribution in [2.24, 2.45) is 0 Å². The van der Waals surface area contributed by atoms with Gasteiger partial charge in [-0.05, 0) is 68.0 Å². The van der Waals surface area contributed by atoms with Gasteiger partial charge in [0.2, 0.25) is 5.91 Å². The van der Waals surface area contributed by atoms with Crippen LogP contribution in [-0.2, 0) is 9.53 Å². The quantitative estimate of drug-likeness (QED) is 0.206. The molecular formula is C26H33ClFN3O3S2. The maximum atomic E-state index is 13.3. The third kappa shape index (κ3) is 8.31. The van der Waals surface area contributed by atoms with E-state index in [2.05, 4.69) is 4.90 Å². The number of thioether (sulfide) groups is 1. The van der Waals surface area contributed by atoms with Crippen molar-refractivity contribution in [3.8, 4) is 5.75 Å². The van der Waals surface area contributed by atoms with Crippen molar-refractivity contribution in [2.75, 3.05) is 56.7 Å². The zero-order valence-electron chi connectivity index (χ0n) is 20.5. The van der Waals surface area contributed by atoms with Gasteiger partial charge in [0.1, 0.15) is 11.6 Å². The number of morpholine rings is 1. The first-order chi connectivity index (χ1) is 17.1. The third-order valence-corrected chi connectivity index (χ3v) is 7.91. The molecule has 0 atom stereocenters. The lowest BCUT2D eigenvalue weighted by Crippen LogP contribution is -2.39. The number of fused-ring (bicyclic) bond motifs is 1. The lowest BCUT2D eigenvalue weighted by Gasteiger charge is -2.27. The van der Waals surface area contributed by atoms with Crippen LogP contribution in [0.2, 0.25) is 0 Å². The number of benzene rings is 2. The molecule has 4 rings (SSSR count). The van der Waals surface area contributed by atoms with Gasteiger partial charge in [-0.1, -0.05) is 11.3 Å². The Labute approximate surface area is 226 Å². The molecule has 0 saturated carbocycles. The van der Waals surface area contributed by atoms with Gasteiger partial charge in [-0.15, -0.1) is 24.2 Å². The van der Waals surface area contributed by atoms with Gasteiger partial charge >= 0.3 is 0 Å². The van der Waals surface area contributed by atoms with Crippen molar-refractivity contribution in [1.29, 1.82) is 0 Å². The summed E-state index contributed by atoms with van der Waals surface area (Å²) in [6.45, 7) is 7.58. The fourth-order valence-corrected chi connectivity index (χ4v) is 5.84. The van der Waals surface area contributed by atoms with E-state index < -0.39 is 0 Å². The summed E-state index contributed by atoms with van der Waals surface area (Å²) in [5.41, 5.74) is 0.881. The van der Waals surface area contributed by atoms with Crippen LogP contribution in [0.1, 0.15) is 26.2 Å². The summed E-state index contributed by atoms with van der Waals surface area (Å²) >= 11 is 3.18. The molecule has 1 aromatic heterocycles. The number of carbonyl (C=O) groups excluding carboxylic acids is 1. The molecule has 0 bridgehead atoms. The van der Waals surface area contributed by atoms with Gasteiger partial charge in [0, 0.05) is 37.5 Å². The predicted octanol–water partition coefficient (Wildman–Crippen LogP) is 5.88. The van der Waals surface area contributed by atoms with Gasteiger partial charge in [-0.2, -0.15) is 0 Å². The van der Waals surface area contributed by atoms with Crippen molar-refractivity contribution in [3.05, 3.63) is 48.3 Å². The van der Waals surface area contributed by atoms with Crippen molar-refractivity contribution in [3.63, 3.8) is 0 Å². The number of anilines is 1. The first kappa shape index (κ1) is 28.7. The Bertz CT molecular complexity index is 1090. The molecule has 1 aliphatic rings. The van der Waals surface area contributed by atoms with Crippen molar-refractivity contribution < 1.29 is 18.7 Å². The smallest absolute Gasteiger partial charge is 0.228 e. The van der Waals surface area contributed by atoms with Gasteiger partial charge in [0.25, 0.3) is 0 Å². The standard InChI is InChI=1S/C26H32FN3O3S2.ClH/c1-2-33-21-8-11-23-24(19-21)35-26(28-23)30(13-4-12-29-14-16-32-17-15-29)25(31)5-3-18-34-22-9-6-20(27)7-10-22;/h6-11,19H,2-5,12-18H2,1H3;1H. The summed E-state index contributed by atoms with van der Waals surface area (Å²) in [6.07, 6.45) is 2.09. The van der Waals surface area contributed by atoms with Crippen LogP contribution in [0.3, 0.4) is 0 Å². The average molecular weight is 554 g/mol. The number of ether oxygens (including phenoxy) is 2. The molecule has 6 nitrogen and oxygen atoms in total. The molecule has 0 aliphatic carbocycles. The van der Waals surface area contributed by atoms with E-state index in [-0.39, 0.29) is 24.1 Å². The lowest BCUT2D eigenvalue weighted by molar-refractivity contribution is -0.118. The van der Waals surface area contributed by atoms with E-state index in [4.69, 9.17) is 14.5 Å². The normalized spacial score (nSPS) is 13.9. The summed E-state index contributed by atoms with van der Waals surface area (Å²) < 4.78 is 25.2. The largest absolute Gasteiger partial charge is 0.494 e. The summed E-state index contributed by atoms with van der Waals surface area (Å²) in [5.74, 6) is 1.48. The van der Waals surface area contributed by atoms with Crippen LogP contribution in [0.15, 0.2) is 47.4 Å². The number of halogens is 2. The topological polar surface area (TPSA) is 54.9 Å². The van der Waals surface area contributed by atoms with Crippen LogP contribution in [-0.4, -0.2) is 67.5 Å². The number of nitrogens with zero attached hydrogens (tertiary/aromatic N) is 3. The minimum Gasteiger partial charge on any atom is -0.494 e. The fourth-order valence-electron chi connectivity index (χ4n) is 3.95. The van der Waals surface area contributed by atoms with E-state index in [0.29, 0.717) is 19.6 Å². The molecule has 1 saturated heterocycles. The molecule has 0 spiro atoms. The third-order valence-electron chi connectivity index (χ3n) is 5.77. The van der Waals surface area contributed by atoms with Crippen LogP contribution in [0, 0.1) is 5.82 Å². The number of amides is 1. The Morgan fingerprint density at radius 3 is 2.72 bits per heavy atom. The maximum Gasteiger partial charge on any atom is 0.228 e. The molecule has 10 heteroatoms. The van der Waals surface area contributed by atoms with Gasteiger partial charge in [0.15, 0.2) is 5.13 Å². The summed E-state index contributed by atoms with van der Waals surface area (Å²) in [5, 5.41) is 0.742. The predicted molar refractivity (Wildman–Crippen MR) is 149 cm³/mol. The second-order valence-electron chi connectivity index (χ2n) is 8.32. The molecule has 1 fully saturated rings. The molecule has 3 aromatic rings. The zero-order chi connectivity index (χ0) is 24.5. The van der Waals surface area contributed by atoms with Gasteiger partial charge in [0.05, 0.1) is 30.0 Å². The maximum absolute atomic E-state index is 13.3.